The van der Waals surface area contributed by atoms with Crippen LogP contribution in [0.1, 0.15) is 63.4 Å². The topological polar surface area (TPSA) is 61.0 Å². The Kier molecular flexibility index (Phi) is 4.53. The Balaban J connectivity index is 2.11. The van der Waals surface area contributed by atoms with Crippen LogP contribution in [0, 0.1) is 0 Å². The lowest BCUT2D eigenvalue weighted by Crippen LogP contribution is -2.21. The number of hydrogen-bond donors (Lipinski definition) is 1. The standard InChI is InChI=1S/C14H23N3O/c1-10(2)14-16-9-13(12(8-15)17-14)18-11-6-4-3-5-7-11/h9-11H,3-8,15H2,1-2H3. The van der Waals surface area contributed by atoms with Gasteiger partial charge in [-0.05, 0) is 25.7 Å². The summed E-state index contributed by atoms with van der Waals surface area (Å²) in [5, 5.41) is 0. The van der Waals surface area contributed by atoms with Gasteiger partial charge in [-0.15, -0.1) is 0 Å². The molecule has 4 heteroatoms. The number of hydrogen-bond acceptors (Lipinski definition) is 4. The second-order valence-corrected chi connectivity index (χ2v) is 5.28. The van der Waals surface area contributed by atoms with Crippen LogP contribution in [0.3, 0.4) is 0 Å². The molecule has 1 heterocycles. The fourth-order valence-electron chi connectivity index (χ4n) is 2.31. The van der Waals surface area contributed by atoms with E-state index in [1.807, 2.05) is 0 Å². The average Bonchev–Trinajstić information content (AvgIpc) is 2.40. The van der Waals surface area contributed by atoms with Crippen molar-refractivity contribution in [3.63, 3.8) is 0 Å². The van der Waals surface area contributed by atoms with E-state index in [9.17, 15) is 0 Å². The first-order chi connectivity index (χ1) is 8.70. The lowest BCUT2D eigenvalue weighted by Gasteiger charge is -2.23. The molecule has 100 valence electrons. The van der Waals surface area contributed by atoms with E-state index in [1.54, 1.807) is 6.20 Å². The van der Waals surface area contributed by atoms with Gasteiger partial charge in [-0.2, -0.15) is 0 Å². The highest BCUT2D eigenvalue weighted by Gasteiger charge is 2.17. The van der Waals surface area contributed by atoms with Crippen LogP contribution in [-0.2, 0) is 6.54 Å². The minimum atomic E-state index is 0.317. The van der Waals surface area contributed by atoms with Gasteiger partial charge in [0.1, 0.15) is 5.82 Å². The van der Waals surface area contributed by atoms with E-state index in [0.717, 1.165) is 30.1 Å². The first-order valence-corrected chi connectivity index (χ1v) is 6.93. The van der Waals surface area contributed by atoms with Gasteiger partial charge >= 0.3 is 0 Å². The summed E-state index contributed by atoms with van der Waals surface area (Å²) in [6.45, 7) is 4.57. The van der Waals surface area contributed by atoms with Crippen LogP contribution in [0.4, 0.5) is 0 Å². The van der Waals surface area contributed by atoms with Crippen molar-refractivity contribution in [3.05, 3.63) is 17.7 Å². The third-order valence-electron chi connectivity index (χ3n) is 3.40. The molecule has 4 nitrogen and oxygen atoms in total. The summed E-state index contributed by atoms with van der Waals surface area (Å²) in [4.78, 5) is 8.86. The van der Waals surface area contributed by atoms with Crippen LogP contribution in [0.2, 0.25) is 0 Å². The number of nitrogens with two attached hydrogens (primary N) is 1. The Labute approximate surface area is 109 Å². The maximum absolute atomic E-state index is 6.01. The monoisotopic (exact) mass is 249 g/mol. The molecule has 0 atom stereocenters. The maximum Gasteiger partial charge on any atom is 0.160 e. The largest absolute Gasteiger partial charge is 0.487 e. The number of ether oxygens (including phenoxy) is 1. The van der Waals surface area contributed by atoms with Crippen LogP contribution in [0.15, 0.2) is 6.20 Å². The van der Waals surface area contributed by atoms with Crippen molar-refractivity contribution in [2.75, 3.05) is 0 Å². The van der Waals surface area contributed by atoms with E-state index in [-0.39, 0.29) is 0 Å². The molecular weight excluding hydrogens is 226 g/mol. The predicted molar refractivity (Wildman–Crippen MR) is 71.5 cm³/mol. The minimum absolute atomic E-state index is 0.317. The molecular formula is C14H23N3O. The molecule has 18 heavy (non-hydrogen) atoms. The van der Waals surface area contributed by atoms with Crippen molar-refractivity contribution in [1.82, 2.24) is 9.97 Å². The molecule has 1 aromatic heterocycles. The van der Waals surface area contributed by atoms with E-state index < -0.39 is 0 Å². The first kappa shape index (κ1) is 13.3. The van der Waals surface area contributed by atoms with Crippen LogP contribution in [0.25, 0.3) is 0 Å². The molecule has 0 aromatic carbocycles. The average molecular weight is 249 g/mol. The summed E-state index contributed by atoms with van der Waals surface area (Å²) in [7, 11) is 0. The van der Waals surface area contributed by atoms with Gasteiger partial charge in [-0.3, -0.25) is 0 Å². The summed E-state index contributed by atoms with van der Waals surface area (Å²) in [5.74, 6) is 1.93. The number of aromatic nitrogens is 2. The summed E-state index contributed by atoms with van der Waals surface area (Å²) >= 11 is 0. The van der Waals surface area contributed by atoms with E-state index >= 15 is 0 Å². The van der Waals surface area contributed by atoms with Crippen molar-refractivity contribution in [3.8, 4) is 5.75 Å². The highest BCUT2D eigenvalue weighted by atomic mass is 16.5. The highest BCUT2D eigenvalue weighted by Crippen LogP contribution is 2.25. The molecule has 1 fully saturated rings. The summed E-state index contributed by atoms with van der Waals surface area (Å²) in [6.07, 6.45) is 8.22. The van der Waals surface area contributed by atoms with Crippen LogP contribution in [-0.4, -0.2) is 16.1 Å². The van der Waals surface area contributed by atoms with Crippen molar-refractivity contribution >= 4 is 0 Å². The third-order valence-corrected chi connectivity index (χ3v) is 3.40. The van der Waals surface area contributed by atoms with Gasteiger partial charge < -0.3 is 10.5 Å². The van der Waals surface area contributed by atoms with E-state index in [0.29, 0.717) is 18.6 Å². The zero-order valence-corrected chi connectivity index (χ0v) is 11.4. The smallest absolute Gasteiger partial charge is 0.160 e. The van der Waals surface area contributed by atoms with Crippen LogP contribution in [0.5, 0.6) is 5.75 Å². The van der Waals surface area contributed by atoms with E-state index in [2.05, 4.69) is 23.8 Å². The molecule has 0 radical (unpaired) electrons. The van der Waals surface area contributed by atoms with Gasteiger partial charge in [0.25, 0.3) is 0 Å². The van der Waals surface area contributed by atoms with Gasteiger partial charge in [0.2, 0.25) is 0 Å². The molecule has 1 aliphatic rings. The molecule has 2 rings (SSSR count). The van der Waals surface area contributed by atoms with E-state index in [1.165, 1.54) is 19.3 Å². The Morgan fingerprint density at radius 3 is 2.67 bits per heavy atom. The Morgan fingerprint density at radius 2 is 2.06 bits per heavy atom. The van der Waals surface area contributed by atoms with Gasteiger partial charge in [-0.1, -0.05) is 20.3 Å². The minimum Gasteiger partial charge on any atom is -0.487 e. The summed E-state index contributed by atoms with van der Waals surface area (Å²) < 4.78 is 6.01. The Hall–Kier alpha value is -1.16. The van der Waals surface area contributed by atoms with Gasteiger partial charge in [0.05, 0.1) is 18.0 Å². The second kappa shape index (κ2) is 6.14. The molecule has 1 aromatic rings. The predicted octanol–water partition coefficient (Wildman–Crippen LogP) is 2.77. The fraction of sp³-hybridized carbons (Fsp3) is 0.714. The van der Waals surface area contributed by atoms with Crippen molar-refractivity contribution in [1.29, 1.82) is 0 Å². The molecule has 0 spiro atoms. The van der Waals surface area contributed by atoms with Crippen LogP contribution >= 0.6 is 0 Å². The molecule has 1 saturated carbocycles. The Morgan fingerprint density at radius 1 is 1.33 bits per heavy atom. The SMILES string of the molecule is CC(C)c1ncc(OC2CCCCC2)c(CN)n1. The number of nitrogens with zero attached hydrogens (tertiary/aromatic N) is 2. The molecule has 0 unspecified atom stereocenters. The first-order valence-electron chi connectivity index (χ1n) is 6.93. The molecule has 2 N–H and O–H groups in total. The van der Waals surface area contributed by atoms with Crippen molar-refractivity contribution in [2.45, 2.75) is 64.5 Å². The third kappa shape index (κ3) is 3.19. The molecule has 0 amide bonds. The van der Waals surface area contributed by atoms with Gasteiger partial charge in [-0.25, -0.2) is 9.97 Å². The number of rotatable bonds is 4. The van der Waals surface area contributed by atoms with Gasteiger partial charge in [0, 0.05) is 12.5 Å². The van der Waals surface area contributed by atoms with E-state index in [4.69, 9.17) is 10.5 Å². The highest BCUT2D eigenvalue weighted by molar-refractivity contribution is 5.25. The van der Waals surface area contributed by atoms with Crippen LogP contribution < -0.4 is 10.5 Å². The zero-order valence-electron chi connectivity index (χ0n) is 11.4. The molecule has 0 bridgehead atoms. The van der Waals surface area contributed by atoms with Crippen molar-refractivity contribution < 1.29 is 4.74 Å². The lowest BCUT2D eigenvalue weighted by atomic mass is 9.98. The maximum atomic E-state index is 6.01. The normalized spacial score (nSPS) is 17.1. The Bertz CT molecular complexity index is 387. The van der Waals surface area contributed by atoms with Gasteiger partial charge in [0.15, 0.2) is 5.75 Å². The van der Waals surface area contributed by atoms with Crippen molar-refractivity contribution in [2.24, 2.45) is 5.73 Å². The molecule has 0 aliphatic heterocycles. The molecule has 0 saturated heterocycles. The fourth-order valence-corrected chi connectivity index (χ4v) is 2.31. The second-order valence-electron chi connectivity index (χ2n) is 5.28. The lowest BCUT2D eigenvalue weighted by molar-refractivity contribution is 0.152. The summed E-state index contributed by atoms with van der Waals surface area (Å²) in [5.41, 5.74) is 6.59. The molecule has 1 aliphatic carbocycles. The quantitative estimate of drug-likeness (QED) is 0.891. The summed E-state index contributed by atoms with van der Waals surface area (Å²) in [6, 6.07) is 0. The zero-order chi connectivity index (χ0) is 13.0.